The van der Waals surface area contributed by atoms with E-state index in [-0.39, 0.29) is 5.43 Å². The second-order valence-corrected chi connectivity index (χ2v) is 5.76. The quantitative estimate of drug-likeness (QED) is 0.404. The highest BCUT2D eigenvalue weighted by atomic mass is 16.1. The minimum atomic E-state index is 0.0934. The molecule has 0 atom stereocenters. The van der Waals surface area contributed by atoms with Gasteiger partial charge in [0.05, 0.1) is 11.0 Å². The molecule has 0 radical (unpaired) electrons. The summed E-state index contributed by atoms with van der Waals surface area (Å²) in [7, 11) is 0. The Morgan fingerprint density at radius 3 is 2.64 bits per heavy atom. The van der Waals surface area contributed by atoms with Gasteiger partial charge in [-0.05, 0) is 42.8 Å². The summed E-state index contributed by atoms with van der Waals surface area (Å²) in [6, 6.07) is 15.9. The third kappa shape index (κ3) is 1.26. The minimum Gasteiger partial charge on any atom is -0.292 e. The zero-order chi connectivity index (χ0) is 14.8. The van der Waals surface area contributed by atoms with Gasteiger partial charge in [-0.2, -0.15) is 0 Å². The van der Waals surface area contributed by atoms with Crippen molar-refractivity contribution in [2.24, 2.45) is 0 Å². The largest absolute Gasteiger partial charge is 0.292 e. The van der Waals surface area contributed by atoms with Crippen LogP contribution in [0.4, 0.5) is 0 Å². The van der Waals surface area contributed by atoms with Crippen LogP contribution in [0.1, 0.15) is 5.56 Å². The van der Waals surface area contributed by atoms with Crippen LogP contribution in [0.2, 0.25) is 0 Å². The molecular weight excluding hydrogens is 272 g/mol. The number of aryl methyl sites for hydroxylation is 1. The molecule has 0 fully saturated rings. The third-order valence-electron chi connectivity index (χ3n) is 4.43. The van der Waals surface area contributed by atoms with Crippen molar-refractivity contribution in [2.45, 2.75) is 6.92 Å². The van der Waals surface area contributed by atoms with Gasteiger partial charge in [-0.25, -0.2) is 4.98 Å². The molecule has 3 aromatic heterocycles. The van der Waals surface area contributed by atoms with E-state index in [9.17, 15) is 4.79 Å². The van der Waals surface area contributed by atoms with Crippen LogP contribution in [0.3, 0.4) is 0 Å². The molecule has 0 N–H and O–H groups in total. The highest BCUT2D eigenvalue weighted by molar-refractivity contribution is 6.15. The molecule has 3 heteroatoms. The van der Waals surface area contributed by atoms with Gasteiger partial charge in [-0.1, -0.05) is 18.2 Å². The molecule has 0 unspecified atom stereocenters. The fraction of sp³-hybridized carbons (Fsp3) is 0.0526. The van der Waals surface area contributed by atoms with Crippen LogP contribution in [0.25, 0.3) is 38.2 Å². The van der Waals surface area contributed by atoms with E-state index in [1.54, 1.807) is 6.20 Å². The van der Waals surface area contributed by atoms with Crippen LogP contribution in [0.15, 0.2) is 59.5 Å². The number of pyridine rings is 2. The third-order valence-corrected chi connectivity index (χ3v) is 4.43. The Morgan fingerprint density at radius 1 is 0.909 bits per heavy atom. The Kier molecular flexibility index (Phi) is 2.03. The molecule has 0 spiro atoms. The van der Waals surface area contributed by atoms with Gasteiger partial charge in [0, 0.05) is 27.7 Å². The molecule has 3 heterocycles. The standard InChI is InChI=1S/C19H12N2O/c1-11-7-8-14-16(10-11)21-17-12(4-2-5-15(17)18(14)22)13-6-3-9-20-19(13)21/h2-10H,1H3. The predicted octanol–water partition coefficient (Wildman–Crippen LogP) is 3.90. The maximum Gasteiger partial charge on any atom is 0.197 e. The second-order valence-electron chi connectivity index (χ2n) is 5.76. The summed E-state index contributed by atoms with van der Waals surface area (Å²) in [6.07, 6.45) is 1.80. The van der Waals surface area contributed by atoms with Crippen molar-refractivity contribution in [3.8, 4) is 0 Å². The molecule has 5 aromatic rings. The van der Waals surface area contributed by atoms with Crippen LogP contribution < -0.4 is 5.43 Å². The van der Waals surface area contributed by atoms with Gasteiger partial charge in [0.1, 0.15) is 5.65 Å². The van der Waals surface area contributed by atoms with E-state index in [1.807, 2.05) is 37.3 Å². The van der Waals surface area contributed by atoms with E-state index >= 15 is 0 Å². The van der Waals surface area contributed by atoms with E-state index in [4.69, 9.17) is 0 Å². The minimum absolute atomic E-state index is 0.0934. The summed E-state index contributed by atoms with van der Waals surface area (Å²) in [5.41, 5.74) is 4.04. The topological polar surface area (TPSA) is 34.4 Å². The lowest BCUT2D eigenvalue weighted by atomic mass is 10.1. The molecule has 2 aromatic carbocycles. The van der Waals surface area contributed by atoms with Gasteiger partial charge in [0.2, 0.25) is 0 Å². The summed E-state index contributed by atoms with van der Waals surface area (Å²) in [6.45, 7) is 2.04. The van der Waals surface area contributed by atoms with E-state index < -0.39 is 0 Å². The first-order valence-corrected chi connectivity index (χ1v) is 7.29. The molecule has 104 valence electrons. The molecule has 0 bridgehead atoms. The van der Waals surface area contributed by atoms with Gasteiger partial charge < -0.3 is 0 Å². The van der Waals surface area contributed by atoms with Gasteiger partial charge in [0.25, 0.3) is 0 Å². The zero-order valence-electron chi connectivity index (χ0n) is 12.0. The highest BCUT2D eigenvalue weighted by Gasteiger charge is 2.16. The van der Waals surface area contributed by atoms with Crippen LogP contribution in [-0.2, 0) is 0 Å². The van der Waals surface area contributed by atoms with Crippen molar-refractivity contribution in [1.29, 1.82) is 0 Å². The monoisotopic (exact) mass is 284 g/mol. The van der Waals surface area contributed by atoms with E-state index in [2.05, 4.69) is 27.6 Å². The fourth-order valence-corrected chi connectivity index (χ4v) is 3.47. The molecular formula is C19H12N2O. The summed E-state index contributed by atoms with van der Waals surface area (Å²) in [5.74, 6) is 0. The number of benzene rings is 2. The summed E-state index contributed by atoms with van der Waals surface area (Å²) in [5, 5.41) is 3.67. The normalized spacial score (nSPS) is 12.0. The second kappa shape index (κ2) is 3.83. The predicted molar refractivity (Wildman–Crippen MR) is 89.9 cm³/mol. The first-order chi connectivity index (χ1) is 10.8. The maximum absolute atomic E-state index is 12.8. The van der Waals surface area contributed by atoms with Crippen molar-refractivity contribution in [3.05, 3.63) is 70.5 Å². The van der Waals surface area contributed by atoms with Crippen molar-refractivity contribution in [3.63, 3.8) is 0 Å². The lowest BCUT2D eigenvalue weighted by molar-refractivity contribution is 1.25. The Bertz CT molecular complexity index is 1250. The smallest absolute Gasteiger partial charge is 0.197 e. The van der Waals surface area contributed by atoms with Crippen molar-refractivity contribution in [2.75, 3.05) is 0 Å². The number of para-hydroxylation sites is 1. The zero-order valence-corrected chi connectivity index (χ0v) is 12.0. The first-order valence-electron chi connectivity index (χ1n) is 7.29. The molecule has 0 amide bonds. The number of nitrogens with zero attached hydrogens (tertiary/aromatic N) is 2. The lowest BCUT2D eigenvalue weighted by Crippen LogP contribution is -2.06. The van der Waals surface area contributed by atoms with Gasteiger partial charge >= 0.3 is 0 Å². The summed E-state index contributed by atoms with van der Waals surface area (Å²) in [4.78, 5) is 17.4. The fourth-order valence-electron chi connectivity index (χ4n) is 3.47. The molecule has 22 heavy (non-hydrogen) atoms. The first kappa shape index (κ1) is 11.7. The molecule has 0 saturated carbocycles. The number of aromatic nitrogens is 2. The Labute approximate surface area is 125 Å². The maximum atomic E-state index is 12.8. The van der Waals surface area contributed by atoms with Crippen LogP contribution in [0, 0.1) is 6.92 Å². The molecule has 5 rings (SSSR count). The van der Waals surface area contributed by atoms with Crippen molar-refractivity contribution in [1.82, 2.24) is 9.38 Å². The number of fused-ring (bicyclic) bond motifs is 5. The van der Waals surface area contributed by atoms with Gasteiger partial charge in [0.15, 0.2) is 5.43 Å². The molecule has 0 aliphatic heterocycles. The Morgan fingerprint density at radius 2 is 1.73 bits per heavy atom. The summed E-state index contributed by atoms with van der Waals surface area (Å²) < 4.78 is 2.13. The van der Waals surface area contributed by atoms with Crippen LogP contribution in [-0.4, -0.2) is 9.38 Å². The molecule has 0 aliphatic carbocycles. The number of rotatable bonds is 0. The van der Waals surface area contributed by atoms with Crippen molar-refractivity contribution >= 4 is 38.2 Å². The van der Waals surface area contributed by atoms with E-state index in [0.717, 1.165) is 43.8 Å². The van der Waals surface area contributed by atoms with E-state index in [0.29, 0.717) is 0 Å². The van der Waals surface area contributed by atoms with Crippen LogP contribution >= 0.6 is 0 Å². The molecule has 3 nitrogen and oxygen atoms in total. The van der Waals surface area contributed by atoms with Crippen molar-refractivity contribution < 1.29 is 0 Å². The van der Waals surface area contributed by atoms with E-state index in [1.165, 1.54) is 0 Å². The lowest BCUT2D eigenvalue weighted by Gasteiger charge is -2.07. The number of hydrogen-bond donors (Lipinski definition) is 0. The van der Waals surface area contributed by atoms with Gasteiger partial charge in [-0.3, -0.25) is 9.20 Å². The van der Waals surface area contributed by atoms with Gasteiger partial charge in [-0.15, -0.1) is 0 Å². The summed E-state index contributed by atoms with van der Waals surface area (Å²) >= 11 is 0. The Hall–Kier alpha value is -2.94. The Balaban J connectivity index is 2.31. The average molecular weight is 284 g/mol. The molecule has 0 aliphatic rings. The average Bonchev–Trinajstić information content (AvgIpc) is 2.88. The van der Waals surface area contributed by atoms with Crippen LogP contribution in [0.5, 0.6) is 0 Å². The SMILES string of the molecule is Cc1ccc2c(=O)c3cccc4c5cccnc5n(c2c1)c34. The highest BCUT2D eigenvalue weighted by Crippen LogP contribution is 2.32. The number of hydrogen-bond acceptors (Lipinski definition) is 2. The molecule has 0 saturated heterocycles.